The molecule has 0 aliphatic heterocycles. The highest BCUT2D eigenvalue weighted by molar-refractivity contribution is 5.98. The number of hydrogen-bond acceptors (Lipinski definition) is 9. The minimum atomic E-state index is -1.22. The highest BCUT2D eigenvalue weighted by Gasteiger charge is 2.26. The second-order valence-corrected chi connectivity index (χ2v) is 8.53. The lowest BCUT2D eigenvalue weighted by atomic mass is 9.96. The minimum absolute atomic E-state index is 0.00894. The molecule has 12 heteroatoms. The number of methoxy groups -OCH3 is 3. The third-order valence-electron chi connectivity index (χ3n) is 5.74. The molecule has 1 atom stereocenters. The lowest BCUT2D eigenvalue weighted by Gasteiger charge is -2.18. The van der Waals surface area contributed by atoms with Gasteiger partial charge in [0.1, 0.15) is 11.8 Å². The van der Waals surface area contributed by atoms with Gasteiger partial charge in [-0.3, -0.25) is 9.59 Å². The number of pyridine rings is 1. The molecule has 0 spiro atoms. The SMILES string of the molecule is COc1ccc(C(=C(C)OC(=O)[C@H](C)NC(=O)c2nccc(OC)c2OC(C)=O)c2ccc(OC)c(F)c2)cc1F. The quantitative estimate of drug-likeness (QED) is 0.278. The fraction of sp³-hybridized carbons (Fsp3) is 0.241. The summed E-state index contributed by atoms with van der Waals surface area (Å²) in [5.74, 6) is -4.01. The monoisotopic (exact) mass is 570 g/mol. The van der Waals surface area contributed by atoms with Crippen LogP contribution in [0.15, 0.2) is 54.4 Å². The zero-order valence-electron chi connectivity index (χ0n) is 23.2. The summed E-state index contributed by atoms with van der Waals surface area (Å²) in [4.78, 5) is 41.4. The number of amides is 1. The van der Waals surface area contributed by atoms with Crippen molar-refractivity contribution in [2.24, 2.45) is 0 Å². The Bertz CT molecular complexity index is 1450. The van der Waals surface area contributed by atoms with Gasteiger partial charge in [0.2, 0.25) is 5.75 Å². The van der Waals surface area contributed by atoms with E-state index in [2.05, 4.69) is 10.3 Å². The van der Waals surface area contributed by atoms with E-state index in [1.807, 2.05) is 0 Å². The molecule has 1 amide bonds. The van der Waals surface area contributed by atoms with Gasteiger partial charge >= 0.3 is 11.9 Å². The van der Waals surface area contributed by atoms with Crippen molar-refractivity contribution in [2.45, 2.75) is 26.8 Å². The molecular formula is C29H28F2N2O8. The number of aromatic nitrogens is 1. The van der Waals surface area contributed by atoms with Crippen molar-refractivity contribution in [3.8, 4) is 23.0 Å². The van der Waals surface area contributed by atoms with Crippen LogP contribution in [0.4, 0.5) is 8.78 Å². The zero-order chi connectivity index (χ0) is 30.3. The van der Waals surface area contributed by atoms with Gasteiger partial charge in [-0.15, -0.1) is 0 Å². The van der Waals surface area contributed by atoms with E-state index < -0.39 is 35.5 Å². The summed E-state index contributed by atoms with van der Waals surface area (Å²) in [6, 6.07) is 8.28. The van der Waals surface area contributed by atoms with E-state index in [1.54, 1.807) is 0 Å². The van der Waals surface area contributed by atoms with Crippen LogP contribution in [-0.4, -0.2) is 50.2 Å². The Morgan fingerprint density at radius 3 is 1.83 bits per heavy atom. The third-order valence-corrected chi connectivity index (χ3v) is 5.74. The average molecular weight is 571 g/mol. The number of halogens is 2. The van der Waals surface area contributed by atoms with E-state index in [1.165, 1.54) is 71.7 Å². The zero-order valence-corrected chi connectivity index (χ0v) is 23.2. The van der Waals surface area contributed by atoms with Crippen molar-refractivity contribution in [1.29, 1.82) is 0 Å². The molecule has 0 saturated carbocycles. The van der Waals surface area contributed by atoms with Crippen LogP contribution < -0.4 is 24.3 Å². The van der Waals surface area contributed by atoms with Gasteiger partial charge in [-0.2, -0.15) is 0 Å². The van der Waals surface area contributed by atoms with Gasteiger partial charge in [0.15, 0.2) is 34.6 Å². The first-order chi connectivity index (χ1) is 19.5. The Balaban J connectivity index is 1.94. The molecule has 1 N–H and O–H groups in total. The highest BCUT2D eigenvalue weighted by atomic mass is 19.1. The number of esters is 2. The first kappa shape index (κ1) is 30.5. The van der Waals surface area contributed by atoms with Gasteiger partial charge in [0, 0.05) is 24.8 Å². The summed E-state index contributed by atoms with van der Waals surface area (Å²) in [6.45, 7) is 3.94. The van der Waals surface area contributed by atoms with Crippen molar-refractivity contribution in [3.63, 3.8) is 0 Å². The number of nitrogens with one attached hydrogen (secondary N) is 1. The highest BCUT2D eigenvalue weighted by Crippen LogP contribution is 2.33. The Labute approximate surface area is 234 Å². The van der Waals surface area contributed by atoms with Crippen molar-refractivity contribution in [1.82, 2.24) is 10.3 Å². The number of carbonyl (C=O) groups excluding carboxylic acids is 3. The number of hydrogen-bond donors (Lipinski definition) is 1. The maximum absolute atomic E-state index is 14.6. The average Bonchev–Trinajstić information content (AvgIpc) is 2.93. The van der Waals surface area contributed by atoms with Crippen LogP contribution in [0.2, 0.25) is 0 Å². The molecule has 1 aromatic heterocycles. The smallest absolute Gasteiger partial charge is 0.333 e. The molecule has 0 bridgehead atoms. The van der Waals surface area contributed by atoms with Crippen LogP contribution in [0.3, 0.4) is 0 Å². The van der Waals surface area contributed by atoms with Crippen LogP contribution in [0, 0.1) is 11.6 Å². The number of rotatable bonds is 10. The molecule has 0 fully saturated rings. The molecule has 0 aliphatic rings. The molecule has 3 aromatic rings. The van der Waals surface area contributed by atoms with Gasteiger partial charge in [-0.1, -0.05) is 12.1 Å². The van der Waals surface area contributed by atoms with Gasteiger partial charge < -0.3 is 29.0 Å². The summed E-state index contributed by atoms with van der Waals surface area (Å²) in [5.41, 5.74) is 0.434. The van der Waals surface area contributed by atoms with E-state index in [9.17, 15) is 23.2 Å². The summed E-state index contributed by atoms with van der Waals surface area (Å²) in [5, 5.41) is 2.43. The van der Waals surface area contributed by atoms with Crippen LogP contribution in [-0.2, 0) is 14.3 Å². The Kier molecular flexibility index (Phi) is 9.96. The summed E-state index contributed by atoms with van der Waals surface area (Å²) in [6.07, 6.45) is 1.27. The number of carbonyl (C=O) groups is 3. The molecule has 0 saturated heterocycles. The van der Waals surface area contributed by atoms with E-state index in [-0.39, 0.29) is 51.2 Å². The molecule has 2 aromatic carbocycles. The maximum atomic E-state index is 14.6. The number of ether oxygens (including phenoxy) is 5. The lowest BCUT2D eigenvalue weighted by Crippen LogP contribution is -2.40. The fourth-order valence-electron chi connectivity index (χ4n) is 3.83. The lowest BCUT2D eigenvalue weighted by molar-refractivity contribution is -0.141. The molecule has 216 valence electrons. The maximum Gasteiger partial charge on any atom is 0.333 e. The molecule has 1 heterocycles. The Morgan fingerprint density at radius 2 is 1.37 bits per heavy atom. The number of nitrogens with zero attached hydrogens (tertiary/aromatic N) is 1. The van der Waals surface area contributed by atoms with Crippen LogP contribution >= 0.6 is 0 Å². The topological polar surface area (TPSA) is 122 Å². The molecular weight excluding hydrogens is 542 g/mol. The molecule has 3 rings (SSSR count). The minimum Gasteiger partial charge on any atom is -0.494 e. The second kappa shape index (κ2) is 13.4. The van der Waals surface area contributed by atoms with E-state index in [4.69, 9.17) is 23.7 Å². The van der Waals surface area contributed by atoms with Crippen LogP contribution in [0.1, 0.15) is 42.4 Å². The Hall–Kier alpha value is -5.00. The molecule has 0 aliphatic carbocycles. The van der Waals surface area contributed by atoms with Gasteiger partial charge in [0.05, 0.1) is 21.3 Å². The van der Waals surface area contributed by atoms with E-state index in [0.717, 1.165) is 19.1 Å². The number of allylic oxidation sites excluding steroid dienone is 1. The van der Waals surface area contributed by atoms with Gasteiger partial charge in [-0.05, 0) is 49.2 Å². The molecule has 41 heavy (non-hydrogen) atoms. The van der Waals surface area contributed by atoms with Crippen molar-refractivity contribution in [3.05, 3.63) is 82.9 Å². The molecule has 0 radical (unpaired) electrons. The predicted molar refractivity (Wildman–Crippen MR) is 143 cm³/mol. The van der Waals surface area contributed by atoms with E-state index in [0.29, 0.717) is 0 Å². The summed E-state index contributed by atoms with van der Waals surface area (Å²) < 4.78 is 54.9. The molecule has 0 unspecified atom stereocenters. The normalized spacial score (nSPS) is 11.1. The van der Waals surface area contributed by atoms with Crippen molar-refractivity contribution >= 4 is 23.4 Å². The summed E-state index contributed by atoms with van der Waals surface area (Å²) >= 11 is 0. The standard InChI is InChI=1S/C29H28F2N2O8/c1-15(33-28(35)26-27(41-17(3)34)24(39-6)11-12-32-26)29(36)40-16(2)25(18-7-9-22(37-4)20(30)13-18)19-8-10-23(38-5)21(31)14-19/h7-15H,1-6H3,(H,33,35)/t15-/m0/s1. The van der Waals surface area contributed by atoms with Gasteiger partial charge in [-0.25, -0.2) is 18.6 Å². The fourth-order valence-corrected chi connectivity index (χ4v) is 3.83. The predicted octanol–water partition coefficient (Wildman–Crippen LogP) is 4.45. The van der Waals surface area contributed by atoms with E-state index >= 15 is 0 Å². The van der Waals surface area contributed by atoms with Crippen molar-refractivity contribution < 1.29 is 46.8 Å². The Morgan fingerprint density at radius 1 is 0.829 bits per heavy atom. The van der Waals surface area contributed by atoms with Gasteiger partial charge in [0.25, 0.3) is 5.91 Å². The first-order valence-corrected chi connectivity index (χ1v) is 12.1. The molecule has 10 nitrogen and oxygen atoms in total. The first-order valence-electron chi connectivity index (χ1n) is 12.1. The van der Waals surface area contributed by atoms with Crippen LogP contribution in [0.25, 0.3) is 5.57 Å². The van der Waals surface area contributed by atoms with Crippen molar-refractivity contribution in [2.75, 3.05) is 21.3 Å². The largest absolute Gasteiger partial charge is 0.494 e. The number of benzene rings is 2. The second-order valence-electron chi connectivity index (χ2n) is 8.53. The van der Waals surface area contributed by atoms with Crippen LogP contribution in [0.5, 0.6) is 23.0 Å². The summed E-state index contributed by atoms with van der Waals surface area (Å²) in [7, 11) is 3.94. The third kappa shape index (κ3) is 7.15.